The molecule has 2 aromatic rings. The maximum absolute atomic E-state index is 12.5. The number of amides is 1. The maximum atomic E-state index is 12.5. The number of pyridine rings is 1. The van der Waals surface area contributed by atoms with Crippen LogP contribution in [0.3, 0.4) is 0 Å². The fourth-order valence-corrected chi connectivity index (χ4v) is 2.99. The third kappa shape index (κ3) is 2.29. The third-order valence-corrected chi connectivity index (χ3v) is 4.07. The highest BCUT2D eigenvalue weighted by Gasteiger charge is 2.28. The van der Waals surface area contributed by atoms with Gasteiger partial charge in [0.25, 0.3) is 5.91 Å². The van der Waals surface area contributed by atoms with E-state index in [-0.39, 0.29) is 11.9 Å². The monoisotopic (exact) mass is 286 g/mol. The van der Waals surface area contributed by atoms with E-state index in [0.717, 1.165) is 12.8 Å². The summed E-state index contributed by atoms with van der Waals surface area (Å²) in [5.74, 6) is -0.0176. The molecule has 1 aliphatic carbocycles. The van der Waals surface area contributed by atoms with Crippen molar-refractivity contribution in [1.29, 1.82) is 0 Å². The molecule has 0 saturated carbocycles. The molecule has 0 fully saturated rings. The molecule has 0 unspecified atom stereocenters. The first-order valence-corrected chi connectivity index (χ1v) is 7.01. The van der Waals surface area contributed by atoms with Crippen LogP contribution >= 0.6 is 11.6 Å². The van der Waals surface area contributed by atoms with Crippen LogP contribution in [0.4, 0.5) is 0 Å². The molecule has 0 spiro atoms. The second-order valence-electron chi connectivity index (χ2n) is 5.04. The average molecular weight is 287 g/mol. The number of hydrogen-bond acceptors (Lipinski definition) is 2. The predicted molar refractivity (Wildman–Crippen MR) is 78.8 cm³/mol. The van der Waals surface area contributed by atoms with Gasteiger partial charge in [0.15, 0.2) is 0 Å². The average Bonchev–Trinajstić information content (AvgIpc) is 2.89. The van der Waals surface area contributed by atoms with Crippen LogP contribution in [-0.2, 0) is 6.42 Å². The zero-order valence-corrected chi connectivity index (χ0v) is 12.0. The summed E-state index contributed by atoms with van der Waals surface area (Å²) in [5.41, 5.74) is 3.17. The summed E-state index contributed by atoms with van der Waals surface area (Å²) < 4.78 is 0. The van der Waals surface area contributed by atoms with E-state index in [1.807, 2.05) is 19.2 Å². The van der Waals surface area contributed by atoms with Gasteiger partial charge in [-0.1, -0.05) is 35.9 Å². The first-order valence-electron chi connectivity index (χ1n) is 6.63. The number of nitrogens with zero attached hydrogens (tertiary/aromatic N) is 2. The Kier molecular flexibility index (Phi) is 3.45. The molecule has 0 radical (unpaired) electrons. The summed E-state index contributed by atoms with van der Waals surface area (Å²) >= 11 is 5.85. The Balaban J connectivity index is 1.87. The number of aromatic nitrogens is 1. The number of rotatable bonds is 2. The predicted octanol–water partition coefficient (Wildman–Crippen LogP) is 3.49. The molecular formula is C16H15ClN2O. The third-order valence-electron chi connectivity index (χ3n) is 3.86. The Morgan fingerprint density at radius 1 is 1.35 bits per heavy atom. The maximum Gasteiger partial charge on any atom is 0.254 e. The van der Waals surface area contributed by atoms with Gasteiger partial charge in [-0.15, -0.1) is 0 Å². The molecule has 1 heterocycles. The minimum atomic E-state index is -0.0176. The second-order valence-corrected chi connectivity index (χ2v) is 5.42. The minimum Gasteiger partial charge on any atom is -0.335 e. The van der Waals surface area contributed by atoms with Gasteiger partial charge in [0.05, 0.1) is 6.04 Å². The van der Waals surface area contributed by atoms with Gasteiger partial charge in [-0.25, -0.2) is 4.98 Å². The van der Waals surface area contributed by atoms with Crippen molar-refractivity contribution in [3.63, 3.8) is 0 Å². The molecule has 102 valence electrons. The van der Waals surface area contributed by atoms with Crippen LogP contribution in [-0.4, -0.2) is 22.8 Å². The van der Waals surface area contributed by atoms with E-state index < -0.39 is 0 Å². The molecule has 0 N–H and O–H groups in total. The van der Waals surface area contributed by atoms with Crippen molar-refractivity contribution < 1.29 is 4.79 Å². The smallest absolute Gasteiger partial charge is 0.254 e. The summed E-state index contributed by atoms with van der Waals surface area (Å²) in [7, 11) is 1.85. The van der Waals surface area contributed by atoms with E-state index in [0.29, 0.717) is 10.7 Å². The normalized spacial score (nSPS) is 16.8. The van der Waals surface area contributed by atoms with Crippen LogP contribution in [0.5, 0.6) is 0 Å². The lowest BCUT2D eigenvalue weighted by atomic mass is 10.1. The summed E-state index contributed by atoms with van der Waals surface area (Å²) in [6.45, 7) is 0. The van der Waals surface area contributed by atoms with Crippen molar-refractivity contribution in [3.8, 4) is 0 Å². The molecule has 1 aliphatic rings. The Labute approximate surface area is 123 Å². The Bertz CT molecular complexity index is 656. The molecule has 1 aromatic carbocycles. The number of carbonyl (C=O) groups excluding carboxylic acids is 1. The van der Waals surface area contributed by atoms with E-state index in [4.69, 9.17) is 11.6 Å². The van der Waals surface area contributed by atoms with Crippen LogP contribution in [0, 0.1) is 0 Å². The molecule has 3 rings (SSSR count). The van der Waals surface area contributed by atoms with Gasteiger partial charge in [0.1, 0.15) is 5.15 Å². The van der Waals surface area contributed by atoms with Crippen molar-refractivity contribution >= 4 is 17.5 Å². The van der Waals surface area contributed by atoms with E-state index in [1.54, 1.807) is 23.2 Å². The molecule has 0 aliphatic heterocycles. The first kappa shape index (κ1) is 13.1. The molecule has 0 saturated heterocycles. The summed E-state index contributed by atoms with van der Waals surface area (Å²) in [4.78, 5) is 18.2. The van der Waals surface area contributed by atoms with E-state index in [1.165, 1.54) is 11.1 Å². The Morgan fingerprint density at radius 2 is 2.15 bits per heavy atom. The number of hydrogen-bond donors (Lipinski definition) is 0. The molecule has 4 heteroatoms. The molecular weight excluding hydrogens is 272 g/mol. The molecule has 3 nitrogen and oxygen atoms in total. The molecule has 0 bridgehead atoms. The van der Waals surface area contributed by atoms with Crippen LogP contribution in [0.2, 0.25) is 5.15 Å². The highest BCUT2D eigenvalue weighted by Crippen LogP contribution is 2.35. The van der Waals surface area contributed by atoms with Gasteiger partial charge in [-0.3, -0.25) is 4.79 Å². The number of aryl methyl sites for hydroxylation is 1. The molecule has 1 atom stereocenters. The minimum absolute atomic E-state index is 0.0176. The molecule has 1 amide bonds. The first-order chi connectivity index (χ1) is 9.66. The SMILES string of the molecule is CN(C(=O)c1ccnc(Cl)c1)[C@@H]1CCc2ccccc21. The Hall–Kier alpha value is -1.87. The summed E-state index contributed by atoms with van der Waals surface area (Å²) in [6, 6.07) is 11.8. The van der Waals surface area contributed by atoms with Gasteiger partial charge in [0.2, 0.25) is 0 Å². The van der Waals surface area contributed by atoms with Crippen molar-refractivity contribution in [2.75, 3.05) is 7.05 Å². The standard InChI is InChI=1S/C16H15ClN2O/c1-19(16(20)12-8-9-18-15(17)10-12)14-7-6-11-4-2-3-5-13(11)14/h2-5,8-10,14H,6-7H2,1H3/t14-/m1/s1. The highest BCUT2D eigenvalue weighted by molar-refractivity contribution is 6.29. The van der Waals surface area contributed by atoms with Gasteiger partial charge in [-0.2, -0.15) is 0 Å². The quantitative estimate of drug-likeness (QED) is 0.792. The topological polar surface area (TPSA) is 33.2 Å². The zero-order chi connectivity index (χ0) is 14.1. The van der Waals surface area contributed by atoms with Crippen LogP contribution in [0.25, 0.3) is 0 Å². The highest BCUT2D eigenvalue weighted by atomic mass is 35.5. The summed E-state index contributed by atoms with van der Waals surface area (Å²) in [6.07, 6.45) is 3.56. The van der Waals surface area contributed by atoms with Gasteiger partial charge in [-0.05, 0) is 36.1 Å². The van der Waals surface area contributed by atoms with Crippen LogP contribution < -0.4 is 0 Å². The van der Waals surface area contributed by atoms with E-state index in [9.17, 15) is 4.79 Å². The van der Waals surface area contributed by atoms with Crippen molar-refractivity contribution in [2.45, 2.75) is 18.9 Å². The lowest BCUT2D eigenvalue weighted by molar-refractivity contribution is 0.0730. The lowest BCUT2D eigenvalue weighted by Gasteiger charge is -2.25. The van der Waals surface area contributed by atoms with Gasteiger partial charge >= 0.3 is 0 Å². The number of carbonyl (C=O) groups is 1. The zero-order valence-electron chi connectivity index (χ0n) is 11.2. The van der Waals surface area contributed by atoms with Crippen LogP contribution in [0.15, 0.2) is 42.6 Å². The van der Waals surface area contributed by atoms with E-state index >= 15 is 0 Å². The number of fused-ring (bicyclic) bond motifs is 1. The van der Waals surface area contributed by atoms with Crippen molar-refractivity contribution in [3.05, 3.63) is 64.4 Å². The second kappa shape index (κ2) is 5.25. The molecule has 1 aromatic heterocycles. The number of halogens is 1. The van der Waals surface area contributed by atoms with Gasteiger partial charge < -0.3 is 4.90 Å². The Morgan fingerprint density at radius 3 is 2.95 bits per heavy atom. The molecule has 20 heavy (non-hydrogen) atoms. The largest absolute Gasteiger partial charge is 0.335 e. The fraction of sp³-hybridized carbons (Fsp3) is 0.250. The van der Waals surface area contributed by atoms with Gasteiger partial charge in [0, 0.05) is 18.8 Å². The summed E-state index contributed by atoms with van der Waals surface area (Å²) in [5, 5.41) is 0.344. The van der Waals surface area contributed by atoms with Crippen molar-refractivity contribution in [2.24, 2.45) is 0 Å². The lowest BCUT2D eigenvalue weighted by Crippen LogP contribution is -2.30. The fourth-order valence-electron chi connectivity index (χ4n) is 2.82. The number of benzene rings is 1. The van der Waals surface area contributed by atoms with Crippen LogP contribution in [0.1, 0.15) is 33.9 Å². The van der Waals surface area contributed by atoms with E-state index in [2.05, 4.69) is 17.1 Å². The van der Waals surface area contributed by atoms with Crippen molar-refractivity contribution in [1.82, 2.24) is 9.88 Å².